The lowest BCUT2D eigenvalue weighted by atomic mass is 9.90. The number of hydrogen-bond donors (Lipinski definition) is 2. The van der Waals surface area contributed by atoms with E-state index in [1.807, 2.05) is 0 Å². The predicted molar refractivity (Wildman–Crippen MR) is 51.7 cm³/mol. The highest BCUT2D eigenvalue weighted by Crippen LogP contribution is 2.19. The first kappa shape index (κ1) is 10.5. The number of rotatable bonds is 4. The zero-order valence-corrected chi connectivity index (χ0v) is 8.25. The summed E-state index contributed by atoms with van der Waals surface area (Å²) >= 11 is 0. The lowest BCUT2D eigenvalue weighted by Gasteiger charge is -2.27. The summed E-state index contributed by atoms with van der Waals surface area (Å²) in [4.78, 5) is 10.7. The molecule has 0 aromatic carbocycles. The molecule has 1 saturated heterocycles. The Balaban J connectivity index is 2.29. The summed E-state index contributed by atoms with van der Waals surface area (Å²) in [6, 6.07) is 0.440. The molecule has 0 aliphatic carbocycles. The zero-order chi connectivity index (χ0) is 9.68. The van der Waals surface area contributed by atoms with Crippen LogP contribution in [0.4, 0.5) is 0 Å². The van der Waals surface area contributed by atoms with E-state index in [9.17, 15) is 4.79 Å². The molecule has 76 valence electrons. The molecule has 2 unspecified atom stereocenters. The third kappa shape index (κ3) is 3.35. The molecule has 0 aromatic heterocycles. The number of piperidine rings is 1. The molecule has 0 aromatic rings. The molecule has 2 atom stereocenters. The van der Waals surface area contributed by atoms with Crippen molar-refractivity contribution in [2.24, 2.45) is 5.92 Å². The van der Waals surface area contributed by atoms with Crippen molar-refractivity contribution in [2.75, 3.05) is 6.54 Å². The predicted octanol–water partition coefficient (Wildman–Crippen LogP) is 1.63. The van der Waals surface area contributed by atoms with Gasteiger partial charge in [0.25, 0.3) is 0 Å². The number of nitrogens with one attached hydrogen (secondary N) is 1. The van der Waals surface area contributed by atoms with E-state index in [4.69, 9.17) is 5.11 Å². The Morgan fingerprint density at radius 3 is 3.00 bits per heavy atom. The molecule has 0 spiro atoms. The third-order valence-corrected chi connectivity index (χ3v) is 2.75. The molecule has 1 rings (SSSR count). The van der Waals surface area contributed by atoms with E-state index < -0.39 is 5.97 Å². The summed E-state index contributed by atoms with van der Waals surface area (Å²) in [7, 11) is 0. The maximum atomic E-state index is 10.7. The topological polar surface area (TPSA) is 49.3 Å². The number of carboxylic acids is 1. The van der Waals surface area contributed by atoms with Crippen LogP contribution in [0.2, 0.25) is 0 Å². The van der Waals surface area contributed by atoms with Gasteiger partial charge in [-0.3, -0.25) is 4.79 Å². The average molecular weight is 185 g/mol. The molecular formula is C10H19NO2. The standard InChI is InChI=1S/C10H19NO2/c1-2-3-4-9-7-8(10(12)13)5-6-11-9/h8-9,11H,2-7H2,1H3,(H,12,13). The highest BCUT2D eigenvalue weighted by Gasteiger charge is 2.25. The van der Waals surface area contributed by atoms with Crippen LogP contribution in [0.25, 0.3) is 0 Å². The highest BCUT2D eigenvalue weighted by atomic mass is 16.4. The van der Waals surface area contributed by atoms with E-state index in [0.29, 0.717) is 6.04 Å². The van der Waals surface area contributed by atoms with E-state index in [0.717, 1.165) is 25.8 Å². The second-order valence-electron chi connectivity index (χ2n) is 3.85. The fourth-order valence-electron chi connectivity index (χ4n) is 1.90. The van der Waals surface area contributed by atoms with Crippen molar-refractivity contribution in [3.63, 3.8) is 0 Å². The summed E-state index contributed by atoms with van der Waals surface area (Å²) in [5, 5.41) is 12.2. The summed E-state index contributed by atoms with van der Waals surface area (Å²) in [6.07, 6.45) is 5.12. The summed E-state index contributed by atoms with van der Waals surface area (Å²) in [5.41, 5.74) is 0. The van der Waals surface area contributed by atoms with Gasteiger partial charge >= 0.3 is 5.97 Å². The average Bonchev–Trinajstić information content (AvgIpc) is 2.15. The van der Waals surface area contributed by atoms with Gasteiger partial charge in [-0.05, 0) is 25.8 Å². The van der Waals surface area contributed by atoms with Crippen LogP contribution in [-0.4, -0.2) is 23.7 Å². The van der Waals surface area contributed by atoms with Crippen LogP contribution >= 0.6 is 0 Å². The van der Waals surface area contributed by atoms with Crippen molar-refractivity contribution >= 4 is 5.97 Å². The van der Waals surface area contributed by atoms with Crippen molar-refractivity contribution < 1.29 is 9.90 Å². The second-order valence-corrected chi connectivity index (χ2v) is 3.85. The lowest BCUT2D eigenvalue weighted by molar-refractivity contribution is -0.143. The SMILES string of the molecule is CCCCC1CC(C(=O)O)CCN1. The summed E-state index contributed by atoms with van der Waals surface area (Å²) in [6.45, 7) is 3.03. The fraction of sp³-hybridized carbons (Fsp3) is 0.900. The molecule has 1 aliphatic heterocycles. The molecule has 1 fully saturated rings. The van der Waals surface area contributed by atoms with Gasteiger partial charge in [-0.2, -0.15) is 0 Å². The number of unbranched alkanes of at least 4 members (excludes halogenated alkanes) is 1. The number of carboxylic acid groups (broad SMARTS) is 1. The maximum Gasteiger partial charge on any atom is 0.306 e. The van der Waals surface area contributed by atoms with Gasteiger partial charge in [0.1, 0.15) is 0 Å². The fourth-order valence-corrected chi connectivity index (χ4v) is 1.90. The monoisotopic (exact) mass is 185 g/mol. The van der Waals surface area contributed by atoms with Crippen LogP contribution in [0, 0.1) is 5.92 Å². The van der Waals surface area contributed by atoms with Crippen LogP contribution in [0.5, 0.6) is 0 Å². The first-order valence-electron chi connectivity index (χ1n) is 5.20. The van der Waals surface area contributed by atoms with Crippen LogP contribution in [0.15, 0.2) is 0 Å². The van der Waals surface area contributed by atoms with E-state index in [1.165, 1.54) is 12.8 Å². The van der Waals surface area contributed by atoms with Gasteiger partial charge in [0.05, 0.1) is 5.92 Å². The Hall–Kier alpha value is -0.570. The first-order chi connectivity index (χ1) is 6.24. The Morgan fingerprint density at radius 2 is 2.38 bits per heavy atom. The molecule has 3 heteroatoms. The molecule has 0 amide bonds. The van der Waals surface area contributed by atoms with Gasteiger partial charge in [-0.25, -0.2) is 0 Å². The normalized spacial score (nSPS) is 28.7. The molecule has 1 heterocycles. The van der Waals surface area contributed by atoms with E-state index in [2.05, 4.69) is 12.2 Å². The maximum absolute atomic E-state index is 10.7. The van der Waals surface area contributed by atoms with Gasteiger partial charge in [-0.1, -0.05) is 19.8 Å². The van der Waals surface area contributed by atoms with Crippen LogP contribution in [0.1, 0.15) is 39.0 Å². The van der Waals surface area contributed by atoms with Gasteiger partial charge in [-0.15, -0.1) is 0 Å². The molecule has 0 bridgehead atoms. The molecule has 0 saturated carbocycles. The Kier molecular flexibility index (Phi) is 4.22. The second kappa shape index (κ2) is 5.22. The van der Waals surface area contributed by atoms with Crippen molar-refractivity contribution in [1.29, 1.82) is 0 Å². The molecule has 3 nitrogen and oxygen atoms in total. The van der Waals surface area contributed by atoms with Gasteiger partial charge in [0.15, 0.2) is 0 Å². The van der Waals surface area contributed by atoms with Gasteiger partial charge in [0, 0.05) is 6.04 Å². The number of hydrogen-bond acceptors (Lipinski definition) is 2. The van der Waals surface area contributed by atoms with Crippen molar-refractivity contribution in [3.05, 3.63) is 0 Å². The van der Waals surface area contributed by atoms with E-state index >= 15 is 0 Å². The molecule has 0 radical (unpaired) electrons. The van der Waals surface area contributed by atoms with E-state index in [1.54, 1.807) is 0 Å². The molecular weight excluding hydrogens is 166 g/mol. The van der Waals surface area contributed by atoms with Gasteiger partial charge < -0.3 is 10.4 Å². The number of carbonyl (C=O) groups is 1. The summed E-state index contributed by atoms with van der Waals surface area (Å²) in [5.74, 6) is -0.730. The van der Waals surface area contributed by atoms with Crippen molar-refractivity contribution in [3.8, 4) is 0 Å². The van der Waals surface area contributed by atoms with Crippen molar-refractivity contribution in [2.45, 2.75) is 45.1 Å². The minimum Gasteiger partial charge on any atom is -0.481 e. The quantitative estimate of drug-likeness (QED) is 0.700. The zero-order valence-electron chi connectivity index (χ0n) is 8.25. The Bertz CT molecular complexity index is 170. The largest absolute Gasteiger partial charge is 0.481 e. The molecule has 2 N–H and O–H groups in total. The lowest BCUT2D eigenvalue weighted by Crippen LogP contribution is -2.40. The smallest absolute Gasteiger partial charge is 0.306 e. The Labute approximate surface area is 79.5 Å². The highest BCUT2D eigenvalue weighted by molar-refractivity contribution is 5.70. The van der Waals surface area contributed by atoms with Crippen molar-refractivity contribution in [1.82, 2.24) is 5.32 Å². The molecule has 13 heavy (non-hydrogen) atoms. The molecule has 1 aliphatic rings. The van der Waals surface area contributed by atoms with Crippen LogP contribution in [0.3, 0.4) is 0 Å². The summed E-state index contributed by atoms with van der Waals surface area (Å²) < 4.78 is 0. The van der Waals surface area contributed by atoms with Gasteiger partial charge in [0.2, 0.25) is 0 Å². The van der Waals surface area contributed by atoms with Crippen LogP contribution in [-0.2, 0) is 4.79 Å². The third-order valence-electron chi connectivity index (χ3n) is 2.75. The minimum absolute atomic E-state index is 0.108. The minimum atomic E-state index is -0.622. The number of aliphatic carboxylic acids is 1. The first-order valence-corrected chi connectivity index (χ1v) is 5.20. The van der Waals surface area contributed by atoms with E-state index in [-0.39, 0.29) is 5.92 Å². The van der Waals surface area contributed by atoms with Crippen LogP contribution < -0.4 is 5.32 Å². The Morgan fingerprint density at radius 1 is 1.62 bits per heavy atom.